The van der Waals surface area contributed by atoms with E-state index in [2.05, 4.69) is 26.0 Å². The lowest BCUT2D eigenvalue weighted by molar-refractivity contribution is 0.274. The molecule has 0 radical (unpaired) electrons. The Balaban J connectivity index is 3.17. The smallest absolute Gasteiger partial charge is 0.0436 e. The highest BCUT2D eigenvalue weighted by atomic mass is 16.2. The largest absolute Gasteiger partial charge is 0.396 e. The molecule has 84 valence electrons. The maximum absolute atomic E-state index is 8.70. The number of hydrogen-bond acceptors (Lipinski definition) is 1. The molecular weight excluding hydrogens is 172 g/mol. The van der Waals surface area contributed by atoms with Gasteiger partial charge in [-0.1, -0.05) is 51.7 Å². The molecule has 14 heavy (non-hydrogen) atoms. The normalized spacial score (nSPS) is 13.6. The van der Waals surface area contributed by atoms with E-state index in [0.29, 0.717) is 12.5 Å². The van der Waals surface area contributed by atoms with Gasteiger partial charge in [0.2, 0.25) is 0 Å². The van der Waals surface area contributed by atoms with E-state index in [1.165, 1.54) is 38.5 Å². The van der Waals surface area contributed by atoms with Crippen LogP contribution in [0.1, 0.15) is 58.8 Å². The van der Waals surface area contributed by atoms with Gasteiger partial charge in [0.1, 0.15) is 0 Å². The average Bonchev–Trinajstić information content (AvgIpc) is 2.17. The summed E-state index contributed by atoms with van der Waals surface area (Å²) in [6, 6.07) is 0. The molecule has 1 atom stereocenters. The van der Waals surface area contributed by atoms with Gasteiger partial charge in [0.05, 0.1) is 0 Å². The lowest BCUT2D eigenvalue weighted by atomic mass is 10.1. The van der Waals surface area contributed by atoms with Crippen LogP contribution < -0.4 is 0 Å². The number of unbranched alkanes of at least 4 members (excludes halogenated alkanes) is 5. The van der Waals surface area contributed by atoms with Crippen LogP contribution in [-0.4, -0.2) is 11.7 Å². The molecule has 0 amide bonds. The van der Waals surface area contributed by atoms with Gasteiger partial charge in [-0.25, -0.2) is 0 Å². The van der Waals surface area contributed by atoms with Crippen molar-refractivity contribution < 1.29 is 5.11 Å². The summed E-state index contributed by atoms with van der Waals surface area (Å²) in [6.07, 6.45) is 13.4. The Morgan fingerprint density at radius 1 is 1.14 bits per heavy atom. The number of allylic oxidation sites excluding steroid dienone is 2. The first-order chi connectivity index (χ1) is 6.81. The molecule has 0 rings (SSSR count). The summed E-state index contributed by atoms with van der Waals surface area (Å²) in [4.78, 5) is 0. The molecular formula is C13H26O. The molecule has 0 spiro atoms. The van der Waals surface area contributed by atoms with E-state index < -0.39 is 0 Å². The Labute approximate surface area is 89.2 Å². The lowest BCUT2D eigenvalue weighted by Crippen LogP contribution is -1.92. The van der Waals surface area contributed by atoms with Crippen molar-refractivity contribution in [1.82, 2.24) is 0 Å². The summed E-state index contributed by atoms with van der Waals surface area (Å²) in [7, 11) is 0. The second-order valence-electron chi connectivity index (χ2n) is 4.12. The van der Waals surface area contributed by atoms with Crippen molar-refractivity contribution in [2.24, 2.45) is 5.92 Å². The zero-order chi connectivity index (χ0) is 10.6. The fourth-order valence-electron chi connectivity index (χ4n) is 1.49. The zero-order valence-electron chi connectivity index (χ0n) is 9.84. The van der Waals surface area contributed by atoms with Crippen LogP contribution >= 0.6 is 0 Å². The van der Waals surface area contributed by atoms with Gasteiger partial charge in [0.15, 0.2) is 0 Å². The van der Waals surface area contributed by atoms with Gasteiger partial charge in [0, 0.05) is 6.61 Å². The van der Waals surface area contributed by atoms with E-state index in [1.54, 1.807) is 0 Å². The monoisotopic (exact) mass is 198 g/mol. The summed E-state index contributed by atoms with van der Waals surface area (Å²) in [5.41, 5.74) is 0. The van der Waals surface area contributed by atoms with Gasteiger partial charge in [-0.15, -0.1) is 0 Å². The Morgan fingerprint density at radius 2 is 1.86 bits per heavy atom. The molecule has 1 heteroatoms. The van der Waals surface area contributed by atoms with Gasteiger partial charge in [-0.3, -0.25) is 0 Å². The highest BCUT2D eigenvalue weighted by Crippen LogP contribution is 2.07. The Hall–Kier alpha value is -0.300. The molecule has 0 heterocycles. The quantitative estimate of drug-likeness (QED) is 0.440. The molecule has 0 aliphatic carbocycles. The van der Waals surface area contributed by atoms with E-state index in [4.69, 9.17) is 5.11 Å². The van der Waals surface area contributed by atoms with Crippen LogP contribution in [0.3, 0.4) is 0 Å². The molecule has 1 unspecified atom stereocenters. The molecule has 0 saturated heterocycles. The third-order valence-corrected chi connectivity index (χ3v) is 2.52. The Morgan fingerprint density at radius 3 is 2.50 bits per heavy atom. The predicted molar refractivity (Wildman–Crippen MR) is 63.4 cm³/mol. The van der Waals surface area contributed by atoms with Crippen molar-refractivity contribution in [2.75, 3.05) is 6.61 Å². The SMILES string of the molecule is CCCCCCCC=CC(C)CCO. The minimum atomic E-state index is 0.308. The van der Waals surface area contributed by atoms with Gasteiger partial charge >= 0.3 is 0 Å². The first-order valence-corrected chi connectivity index (χ1v) is 6.08. The molecule has 0 aromatic heterocycles. The van der Waals surface area contributed by atoms with E-state index in [1.807, 2.05) is 0 Å². The molecule has 0 aliphatic rings. The van der Waals surface area contributed by atoms with Crippen molar-refractivity contribution in [2.45, 2.75) is 58.8 Å². The second-order valence-corrected chi connectivity index (χ2v) is 4.12. The summed E-state index contributed by atoms with van der Waals surface area (Å²) < 4.78 is 0. The summed E-state index contributed by atoms with van der Waals surface area (Å²) >= 11 is 0. The van der Waals surface area contributed by atoms with E-state index >= 15 is 0 Å². The first-order valence-electron chi connectivity index (χ1n) is 6.08. The molecule has 0 aromatic carbocycles. The number of hydrogen-bond donors (Lipinski definition) is 1. The zero-order valence-corrected chi connectivity index (χ0v) is 9.84. The van der Waals surface area contributed by atoms with E-state index in [9.17, 15) is 0 Å². The van der Waals surface area contributed by atoms with Gasteiger partial charge in [-0.2, -0.15) is 0 Å². The van der Waals surface area contributed by atoms with Crippen LogP contribution in [0.15, 0.2) is 12.2 Å². The van der Waals surface area contributed by atoms with Crippen molar-refractivity contribution in [1.29, 1.82) is 0 Å². The standard InChI is InChI=1S/C13H26O/c1-3-4-5-6-7-8-9-10-13(2)11-12-14/h9-10,13-14H,3-8,11-12H2,1-2H3. The fraction of sp³-hybridized carbons (Fsp3) is 0.846. The molecule has 0 aromatic rings. The topological polar surface area (TPSA) is 20.2 Å². The maximum atomic E-state index is 8.70. The molecule has 1 nitrogen and oxygen atoms in total. The number of aliphatic hydroxyl groups is 1. The number of aliphatic hydroxyl groups excluding tert-OH is 1. The summed E-state index contributed by atoms with van der Waals surface area (Å²) in [5, 5.41) is 8.70. The van der Waals surface area contributed by atoms with Crippen molar-refractivity contribution >= 4 is 0 Å². The maximum Gasteiger partial charge on any atom is 0.0436 e. The minimum Gasteiger partial charge on any atom is -0.396 e. The molecule has 0 aliphatic heterocycles. The van der Waals surface area contributed by atoms with E-state index in [-0.39, 0.29) is 0 Å². The first kappa shape index (κ1) is 13.7. The van der Waals surface area contributed by atoms with Crippen LogP contribution in [0, 0.1) is 5.92 Å². The van der Waals surface area contributed by atoms with Crippen LogP contribution in [0.25, 0.3) is 0 Å². The predicted octanol–water partition coefficient (Wildman–Crippen LogP) is 3.92. The van der Waals surface area contributed by atoms with Crippen molar-refractivity contribution in [3.63, 3.8) is 0 Å². The third kappa shape index (κ3) is 9.79. The van der Waals surface area contributed by atoms with Crippen molar-refractivity contribution in [3.05, 3.63) is 12.2 Å². The highest BCUT2D eigenvalue weighted by molar-refractivity contribution is 4.86. The van der Waals surface area contributed by atoms with Crippen molar-refractivity contribution in [3.8, 4) is 0 Å². The Bertz CT molecular complexity index is 129. The fourth-order valence-corrected chi connectivity index (χ4v) is 1.49. The van der Waals surface area contributed by atoms with Crippen LogP contribution in [-0.2, 0) is 0 Å². The highest BCUT2D eigenvalue weighted by Gasteiger charge is 1.93. The minimum absolute atomic E-state index is 0.308. The summed E-state index contributed by atoms with van der Waals surface area (Å²) in [6.45, 7) is 4.71. The van der Waals surface area contributed by atoms with Crippen LogP contribution in [0.5, 0.6) is 0 Å². The van der Waals surface area contributed by atoms with Crippen LogP contribution in [0.2, 0.25) is 0 Å². The third-order valence-electron chi connectivity index (χ3n) is 2.52. The molecule has 1 N–H and O–H groups in total. The van der Waals surface area contributed by atoms with Gasteiger partial charge in [0.25, 0.3) is 0 Å². The molecule has 0 bridgehead atoms. The second kappa shape index (κ2) is 10.8. The molecule has 0 saturated carbocycles. The number of rotatable bonds is 9. The molecule has 0 fully saturated rings. The van der Waals surface area contributed by atoms with Gasteiger partial charge in [-0.05, 0) is 25.2 Å². The van der Waals surface area contributed by atoms with Gasteiger partial charge < -0.3 is 5.11 Å². The van der Waals surface area contributed by atoms with E-state index in [0.717, 1.165) is 6.42 Å². The lowest BCUT2D eigenvalue weighted by Gasteiger charge is -2.01. The average molecular weight is 198 g/mol. The van der Waals surface area contributed by atoms with Crippen LogP contribution in [0.4, 0.5) is 0 Å². The summed E-state index contributed by atoms with van der Waals surface area (Å²) in [5.74, 6) is 0.538. The Kier molecular flexibility index (Phi) is 10.5.